The zero-order valence-corrected chi connectivity index (χ0v) is 64.0. The third kappa shape index (κ3) is 51.7. The number of carbonyl (C=O) groups is 1. The normalized spacial score (nSPS) is 22.1. The van der Waals surface area contributed by atoms with E-state index in [1.807, 2.05) is 0 Å². The van der Waals surface area contributed by atoms with E-state index in [0.29, 0.717) is 12.8 Å². The molecule has 2 rings (SSSR count). The van der Waals surface area contributed by atoms with Crippen molar-refractivity contribution in [3.8, 4) is 0 Å². The Kier molecular flexibility index (Phi) is 64.9. The van der Waals surface area contributed by atoms with E-state index in [9.17, 15) is 45.6 Å². The Bertz CT molecular complexity index is 1850. The lowest BCUT2D eigenvalue weighted by Crippen LogP contribution is -2.65. The molecule has 2 aliphatic rings. The van der Waals surface area contributed by atoms with Crippen molar-refractivity contribution < 1.29 is 64.6 Å². The Morgan fingerprint density at radius 2 is 0.697 bits per heavy atom. The lowest BCUT2D eigenvalue weighted by Gasteiger charge is -2.46. The van der Waals surface area contributed by atoms with Crippen LogP contribution in [0.5, 0.6) is 0 Å². The number of allylic oxidation sites excluding steroid dienone is 8. The van der Waals surface area contributed by atoms with Gasteiger partial charge in [0.15, 0.2) is 12.6 Å². The fraction of sp³-hybridized carbons (Fsp3) is 0.894. The van der Waals surface area contributed by atoms with Gasteiger partial charge >= 0.3 is 0 Å². The van der Waals surface area contributed by atoms with Gasteiger partial charge in [0.2, 0.25) is 5.91 Å². The summed E-state index contributed by atoms with van der Waals surface area (Å²) in [5, 5.41) is 88.0. The number of hydrogen-bond donors (Lipinski definition) is 9. The summed E-state index contributed by atoms with van der Waals surface area (Å²) in [6.07, 6.45) is 76.0. The van der Waals surface area contributed by atoms with Crippen molar-refractivity contribution in [1.82, 2.24) is 5.32 Å². The van der Waals surface area contributed by atoms with E-state index >= 15 is 0 Å². The predicted molar refractivity (Wildman–Crippen MR) is 411 cm³/mol. The molecule has 0 aromatic carbocycles. The average Bonchev–Trinajstić information content (AvgIpc) is 0.793. The lowest BCUT2D eigenvalue weighted by molar-refractivity contribution is -0.359. The first-order valence-electron chi connectivity index (χ1n) is 42.4. The molecule has 0 saturated carbocycles. The van der Waals surface area contributed by atoms with Crippen LogP contribution in [0, 0.1) is 0 Å². The second-order valence-corrected chi connectivity index (χ2v) is 29.9. The van der Waals surface area contributed by atoms with Crippen LogP contribution in [0.4, 0.5) is 0 Å². The summed E-state index contributed by atoms with van der Waals surface area (Å²) in [5.74, 6) is -0.199. The van der Waals surface area contributed by atoms with Crippen molar-refractivity contribution in [2.24, 2.45) is 0 Å². The van der Waals surface area contributed by atoms with E-state index in [-0.39, 0.29) is 12.5 Å². The maximum Gasteiger partial charge on any atom is 0.220 e. The van der Waals surface area contributed by atoms with Crippen molar-refractivity contribution in [1.29, 1.82) is 0 Å². The molecule has 2 saturated heterocycles. The summed E-state index contributed by atoms with van der Waals surface area (Å²) in [5.41, 5.74) is 0. The molecular weight excluding hydrogens is 1240 g/mol. The highest BCUT2D eigenvalue weighted by Gasteiger charge is 2.51. The van der Waals surface area contributed by atoms with Crippen LogP contribution in [0.15, 0.2) is 48.6 Å². The Balaban J connectivity index is 1.58. The fourth-order valence-corrected chi connectivity index (χ4v) is 14.2. The molecule has 12 atom stereocenters. The van der Waals surface area contributed by atoms with Gasteiger partial charge in [-0.05, 0) is 51.4 Å². The molecule has 12 unspecified atom stereocenters. The second kappa shape index (κ2) is 69.0. The van der Waals surface area contributed by atoms with Crippen LogP contribution in [0.3, 0.4) is 0 Å². The van der Waals surface area contributed by atoms with Crippen LogP contribution >= 0.6 is 0 Å². The van der Waals surface area contributed by atoms with Gasteiger partial charge in [-0.15, -0.1) is 0 Å². The fourth-order valence-electron chi connectivity index (χ4n) is 14.2. The summed E-state index contributed by atoms with van der Waals surface area (Å²) in [7, 11) is 0. The zero-order chi connectivity index (χ0) is 71.5. The molecular formula is C85H159NO13. The molecule has 0 aromatic heterocycles. The molecule has 0 spiro atoms. The Morgan fingerprint density at radius 1 is 0.374 bits per heavy atom. The van der Waals surface area contributed by atoms with Crippen LogP contribution in [-0.4, -0.2) is 140 Å². The molecule has 14 heteroatoms. The molecule has 582 valence electrons. The number of ether oxygens (including phenoxy) is 4. The standard InChI is InChI=1S/C85H159NO13/c1-3-5-7-9-11-13-15-17-19-21-23-25-27-29-31-33-35-37-39-41-43-45-47-49-51-53-55-57-59-61-63-65-67-69-77(90)86-73(72-96-84-82(95)80(93)83(76(71-88)98-84)99-85-81(94)79(92)78(91)75(70-87)97-85)74(89)68-66-64-62-60-58-56-54-52-50-48-46-44-42-40-38-36-34-32-30-28-26-24-22-20-18-16-14-12-10-8-6-4-2/h5,7,11,13,17,19,23,25,73-76,78-85,87-89,91-95H,3-4,6,8-10,12,14-16,18,20-22,24,26-72H2,1-2H3,(H,86,90)/b7-5-,13-11-,19-17-,25-23-. The highest BCUT2D eigenvalue weighted by Crippen LogP contribution is 2.31. The van der Waals surface area contributed by atoms with E-state index in [4.69, 9.17) is 18.9 Å². The molecule has 0 aromatic rings. The van der Waals surface area contributed by atoms with Crippen LogP contribution in [0.25, 0.3) is 0 Å². The van der Waals surface area contributed by atoms with Crippen LogP contribution in [0.1, 0.15) is 393 Å². The second-order valence-electron chi connectivity index (χ2n) is 29.9. The Hall–Kier alpha value is -2.05. The van der Waals surface area contributed by atoms with Gasteiger partial charge in [0.1, 0.15) is 48.8 Å². The topological polar surface area (TPSA) is 228 Å². The minimum Gasteiger partial charge on any atom is -0.394 e. The van der Waals surface area contributed by atoms with Crippen molar-refractivity contribution in [2.45, 2.75) is 466 Å². The zero-order valence-electron chi connectivity index (χ0n) is 64.0. The van der Waals surface area contributed by atoms with E-state index in [2.05, 4.69) is 67.8 Å². The Labute approximate surface area is 607 Å². The molecule has 99 heavy (non-hydrogen) atoms. The van der Waals surface area contributed by atoms with Crippen LogP contribution in [-0.2, 0) is 23.7 Å². The third-order valence-corrected chi connectivity index (χ3v) is 20.8. The number of carbonyl (C=O) groups excluding carboxylic acids is 1. The summed E-state index contributed by atoms with van der Waals surface area (Å²) < 4.78 is 23.0. The van der Waals surface area contributed by atoms with Crippen molar-refractivity contribution in [2.75, 3.05) is 19.8 Å². The molecule has 0 radical (unpaired) electrons. The molecule has 0 bridgehead atoms. The highest BCUT2D eigenvalue weighted by molar-refractivity contribution is 5.76. The first kappa shape index (κ1) is 93.0. The van der Waals surface area contributed by atoms with E-state index in [1.54, 1.807) is 0 Å². The average molecular weight is 1400 g/mol. The molecule has 2 heterocycles. The summed E-state index contributed by atoms with van der Waals surface area (Å²) in [4.78, 5) is 13.4. The molecule has 9 N–H and O–H groups in total. The molecule has 0 aliphatic carbocycles. The van der Waals surface area contributed by atoms with Gasteiger partial charge in [-0.3, -0.25) is 4.79 Å². The number of aliphatic hydroxyl groups is 8. The SMILES string of the molecule is CC/C=C\C/C=C\C/C=C\C/C=C\CCCCCCCCCCCCCCCCCCCCCCC(=O)NC(COC1OC(CO)C(OC2OC(CO)C(O)C(O)C2O)C(O)C1O)C(O)CCCCCCCCCCCCCCCCCCCCCCCCCCCCCCCCCC. The van der Waals surface area contributed by atoms with Gasteiger partial charge < -0.3 is 65.1 Å². The van der Waals surface area contributed by atoms with Gasteiger partial charge in [0.05, 0.1) is 32.0 Å². The maximum atomic E-state index is 13.4. The maximum absolute atomic E-state index is 13.4. The summed E-state index contributed by atoms with van der Waals surface area (Å²) in [6, 6.07) is -0.830. The number of aliphatic hydroxyl groups excluding tert-OH is 8. The predicted octanol–water partition coefficient (Wildman–Crippen LogP) is 19.8. The number of amides is 1. The largest absolute Gasteiger partial charge is 0.394 e. The summed E-state index contributed by atoms with van der Waals surface area (Å²) in [6.45, 7) is 2.82. The smallest absolute Gasteiger partial charge is 0.220 e. The Morgan fingerprint density at radius 3 is 1.07 bits per heavy atom. The van der Waals surface area contributed by atoms with Gasteiger partial charge in [-0.25, -0.2) is 0 Å². The number of rotatable bonds is 72. The van der Waals surface area contributed by atoms with E-state index < -0.39 is 86.8 Å². The first-order valence-corrected chi connectivity index (χ1v) is 42.4. The van der Waals surface area contributed by atoms with Gasteiger partial charge in [0, 0.05) is 6.42 Å². The monoisotopic (exact) mass is 1400 g/mol. The quantitative estimate of drug-likeness (QED) is 0.0204. The van der Waals surface area contributed by atoms with Gasteiger partial charge in [-0.1, -0.05) is 383 Å². The van der Waals surface area contributed by atoms with E-state index in [0.717, 1.165) is 77.0 Å². The first-order chi connectivity index (χ1) is 48.6. The van der Waals surface area contributed by atoms with Crippen molar-refractivity contribution >= 4 is 5.91 Å². The van der Waals surface area contributed by atoms with Crippen molar-refractivity contribution in [3.63, 3.8) is 0 Å². The van der Waals surface area contributed by atoms with Gasteiger partial charge in [0.25, 0.3) is 0 Å². The van der Waals surface area contributed by atoms with Gasteiger partial charge in [-0.2, -0.15) is 0 Å². The third-order valence-electron chi connectivity index (χ3n) is 20.8. The van der Waals surface area contributed by atoms with E-state index in [1.165, 1.54) is 289 Å². The summed E-state index contributed by atoms with van der Waals surface area (Å²) >= 11 is 0. The highest BCUT2D eigenvalue weighted by atomic mass is 16.7. The van der Waals surface area contributed by atoms with Crippen LogP contribution in [0.2, 0.25) is 0 Å². The van der Waals surface area contributed by atoms with Crippen molar-refractivity contribution in [3.05, 3.63) is 48.6 Å². The number of unbranched alkanes of at least 4 members (excludes halogenated alkanes) is 51. The minimum atomic E-state index is -1.78. The molecule has 1 amide bonds. The number of nitrogens with one attached hydrogen (secondary N) is 1. The number of hydrogen-bond acceptors (Lipinski definition) is 13. The minimum absolute atomic E-state index is 0.199. The lowest BCUT2D eigenvalue weighted by atomic mass is 9.97. The molecule has 2 fully saturated rings. The van der Waals surface area contributed by atoms with Crippen LogP contribution < -0.4 is 5.32 Å². The molecule has 2 aliphatic heterocycles. The molecule has 14 nitrogen and oxygen atoms in total.